The molecule has 0 aliphatic heterocycles. The van der Waals surface area contributed by atoms with Gasteiger partial charge in [-0.05, 0) is 97.4 Å². The summed E-state index contributed by atoms with van der Waals surface area (Å²) in [7, 11) is 0. The fourth-order valence-electron chi connectivity index (χ4n) is 7.38. The van der Waals surface area contributed by atoms with Gasteiger partial charge in [0.1, 0.15) is 0 Å². The van der Waals surface area contributed by atoms with Crippen LogP contribution in [-0.4, -0.2) is 0 Å². The number of benzene rings is 6. The van der Waals surface area contributed by atoms with E-state index in [2.05, 4.69) is 132 Å². The molecule has 0 fully saturated rings. The predicted octanol–water partition coefficient (Wildman–Crippen LogP) is 9.87. The smallest absolute Gasteiger partial charge is 0.0503 e. The van der Waals surface area contributed by atoms with Gasteiger partial charge in [0.05, 0.1) is 11.4 Å². The van der Waals surface area contributed by atoms with Crippen molar-refractivity contribution < 1.29 is 0 Å². The largest absolute Gasteiger partial charge is 0.310 e. The third kappa shape index (κ3) is 3.09. The van der Waals surface area contributed by atoms with E-state index in [-0.39, 0.29) is 0 Å². The van der Waals surface area contributed by atoms with Crippen LogP contribution >= 0.6 is 0 Å². The summed E-state index contributed by atoms with van der Waals surface area (Å²) < 4.78 is 0. The van der Waals surface area contributed by atoms with Crippen molar-refractivity contribution in [1.82, 2.24) is 0 Å². The van der Waals surface area contributed by atoms with Crippen molar-refractivity contribution >= 4 is 17.1 Å². The van der Waals surface area contributed by atoms with Crippen LogP contribution in [0.4, 0.5) is 17.1 Å². The zero-order valence-corrected chi connectivity index (χ0v) is 22.2. The fraction of sp³-hybridized carbons (Fsp3) is 0.0769. The number of hydrogen-bond acceptors (Lipinski definition) is 1. The van der Waals surface area contributed by atoms with E-state index in [0.717, 1.165) is 19.3 Å². The molecule has 0 saturated heterocycles. The second kappa shape index (κ2) is 8.31. The highest BCUT2D eigenvalue weighted by Gasteiger charge is 2.29. The molecule has 0 aromatic heterocycles. The molecule has 40 heavy (non-hydrogen) atoms. The molecule has 1 heteroatoms. The van der Waals surface area contributed by atoms with Gasteiger partial charge in [-0.15, -0.1) is 0 Å². The number of hydrogen-bond donors (Lipinski definition) is 0. The molecule has 1 nitrogen and oxygen atoms in total. The van der Waals surface area contributed by atoms with Crippen LogP contribution < -0.4 is 4.90 Å². The van der Waals surface area contributed by atoms with Gasteiger partial charge in [0.2, 0.25) is 0 Å². The molecule has 0 N–H and O–H groups in total. The van der Waals surface area contributed by atoms with Crippen LogP contribution in [0.3, 0.4) is 0 Å². The van der Waals surface area contributed by atoms with Gasteiger partial charge in [-0.2, -0.15) is 0 Å². The van der Waals surface area contributed by atoms with E-state index in [1.54, 1.807) is 0 Å². The zero-order valence-electron chi connectivity index (χ0n) is 22.2. The van der Waals surface area contributed by atoms with E-state index in [0.29, 0.717) is 0 Å². The maximum atomic E-state index is 2.55. The van der Waals surface area contributed by atoms with Gasteiger partial charge in [-0.3, -0.25) is 0 Å². The number of nitrogens with zero attached hydrogens (tertiary/aromatic N) is 1. The van der Waals surface area contributed by atoms with Gasteiger partial charge in [0.15, 0.2) is 0 Å². The number of anilines is 3. The van der Waals surface area contributed by atoms with E-state index >= 15 is 0 Å². The van der Waals surface area contributed by atoms with Gasteiger partial charge in [-0.25, -0.2) is 0 Å². The molecule has 0 unspecified atom stereocenters. The van der Waals surface area contributed by atoms with Gasteiger partial charge in [0, 0.05) is 18.5 Å². The summed E-state index contributed by atoms with van der Waals surface area (Å²) >= 11 is 0. The Bertz CT molecular complexity index is 1900. The molecular weight excluding hydrogens is 482 g/mol. The molecule has 9 rings (SSSR count). The summed E-state index contributed by atoms with van der Waals surface area (Å²) in [6.45, 7) is 0. The second-order valence-corrected chi connectivity index (χ2v) is 11.3. The highest BCUT2D eigenvalue weighted by Crippen LogP contribution is 2.50. The molecule has 0 spiro atoms. The van der Waals surface area contributed by atoms with E-state index in [4.69, 9.17) is 0 Å². The quantitative estimate of drug-likeness (QED) is 0.229. The minimum absolute atomic E-state index is 0.962. The normalized spacial score (nSPS) is 13.2. The first-order chi connectivity index (χ1) is 19.8. The third-order valence-electron chi connectivity index (χ3n) is 9.17. The summed E-state index contributed by atoms with van der Waals surface area (Å²) in [5.74, 6) is 0. The Labute approximate surface area is 235 Å². The SMILES string of the molecule is c1ccc2c(c1)Cc1cc(N(c3cccc4c3Cc3ccccc3-4)c3cccc4c3Cc3ccccc3-4)ccc1-2. The maximum Gasteiger partial charge on any atom is 0.0503 e. The van der Waals surface area contributed by atoms with Gasteiger partial charge in [0.25, 0.3) is 0 Å². The van der Waals surface area contributed by atoms with E-state index in [9.17, 15) is 0 Å². The number of fused-ring (bicyclic) bond motifs is 9. The Morgan fingerprint density at radius 1 is 0.350 bits per heavy atom. The van der Waals surface area contributed by atoms with Crippen LogP contribution in [0.5, 0.6) is 0 Å². The van der Waals surface area contributed by atoms with E-state index < -0.39 is 0 Å². The Balaban J connectivity index is 1.27. The lowest BCUT2D eigenvalue weighted by Gasteiger charge is -2.30. The van der Waals surface area contributed by atoms with Crippen molar-refractivity contribution in [3.8, 4) is 33.4 Å². The average molecular weight is 510 g/mol. The van der Waals surface area contributed by atoms with Crippen LogP contribution in [0.15, 0.2) is 127 Å². The summed E-state index contributed by atoms with van der Waals surface area (Å²) in [6.07, 6.45) is 2.91. The minimum Gasteiger partial charge on any atom is -0.310 e. The predicted molar refractivity (Wildman–Crippen MR) is 166 cm³/mol. The summed E-state index contributed by atoms with van der Waals surface area (Å²) in [5, 5.41) is 0. The Kier molecular flexibility index (Phi) is 4.57. The van der Waals surface area contributed by atoms with Crippen LogP contribution in [-0.2, 0) is 19.3 Å². The molecule has 0 bridgehead atoms. The molecule has 0 amide bonds. The Morgan fingerprint density at radius 3 is 1.38 bits per heavy atom. The van der Waals surface area contributed by atoms with Crippen LogP contribution in [0, 0.1) is 0 Å². The first kappa shape index (κ1) is 22.0. The topological polar surface area (TPSA) is 3.24 Å². The van der Waals surface area contributed by atoms with Gasteiger partial charge in [-0.1, -0.05) is 103 Å². The van der Waals surface area contributed by atoms with Crippen molar-refractivity contribution in [3.05, 3.63) is 161 Å². The summed E-state index contributed by atoms with van der Waals surface area (Å²) in [4.78, 5) is 2.55. The first-order valence-electron chi connectivity index (χ1n) is 14.3. The maximum absolute atomic E-state index is 2.55. The Morgan fingerprint density at radius 2 is 0.800 bits per heavy atom. The summed E-state index contributed by atoms with van der Waals surface area (Å²) in [6, 6.07) is 47.5. The molecule has 3 aliphatic rings. The lowest BCUT2D eigenvalue weighted by molar-refractivity contribution is 1.16. The van der Waals surface area contributed by atoms with E-state index in [1.165, 1.54) is 83.8 Å². The Hall–Kier alpha value is -4.88. The van der Waals surface area contributed by atoms with Crippen molar-refractivity contribution in [2.45, 2.75) is 19.3 Å². The molecule has 6 aromatic carbocycles. The van der Waals surface area contributed by atoms with Crippen molar-refractivity contribution in [3.63, 3.8) is 0 Å². The second-order valence-electron chi connectivity index (χ2n) is 11.3. The molecule has 0 saturated carbocycles. The van der Waals surface area contributed by atoms with Crippen LogP contribution in [0.25, 0.3) is 33.4 Å². The highest BCUT2D eigenvalue weighted by atomic mass is 15.1. The lowest BCUT2D eigenvalue weighted by atomic mass is 9.99. The van der Waals surface area contributed by atoms with Gasteiger partial charge >= 0.3 is 0 Å². The standard InChI is InChI=1S/C39H27N/c1-4-12-30-25(9-1)21-28-22-29(19-20-33(28)30)40(38-17-7-15-34-31-13-5-2-10-26(31)23-36(34)38)39-18-8-16-35-32-14-6-3-11-27(32)24-37(35)39/h1-20,22H,21,23-24H2. The zero-order chi connectivity index (χ0) is 26.2. The van der Waals surface area contributed by atoms with Gasteiger partial charge < -0.3 is 4.90 Å². The van der Waals surface area contributed by atoms with Crippen molar-refractivity contribution in [1.29, 1.82) is 0 Å². The lowest BCUT2D eigenvalue weighted by Crippen LogP contribution is -2.14. The third-order valence-corrected chi connectivity index (χ3v) is 9.17. The molecule has 0 radical (unpaired) electrons. The average Bonchev–Trinajstić information content (AvgIpc) is 3.69. The van der Waals surface area contributed by atoms with Crippen LogP contribution in [0.1, 0.15) is 33.4 Å². The number of rotatable bonds is 3. The summed E-state index contributed by atoms with van der Waals surface area (Å²) in [5.41, 5.74) is 20.5. The first-order valence-corrected chi connectivity index (χ1v) is 14.3. The van der Waals surface area contributed by atoms with Crippen molar-refractivity contribution in [2.24, 2.45) is 0 Å². The van der Waals surface area contributed by atoms with Crippen molar-refractivity contribution in [2.75, 3.05) is 4.90 Å². The van der Waals surface area contributed by atoms with E-state index in [1.807, 2.05) is 0 Å². The minimum atomic E-state index is 0.962. The molecule has 0 atom stereocenters. The highest BCUT2D eigenvalue weighted by molar-refractivity contribution is 5.92. The fourth-order valence-corrected chi connectivity index (χ4v) is 7.38. The van der Waals surface area contributed by atoms with Crippen LogP contribution in [0.2, 0.25) is 0 Å². The molecule has 188 valence electrons. The molecule has 3 aliphatic carbocycles. The molecule has 6 aromatic rings. The molecule has 0 heterocycles. The molecular formula is C39H27N. The monoisotopic (exact) mass is 509 g/mol.